The van der Waals surface area contributed by atoms with Crippen molar-refractivity contribution in [2.45, 2.75) is 5.92 Å². The molecule has 1 aromatic carbocycles. The number of Topliss-reactive ketones (excluding diaryl/α,β-unsaturated/α-hetero) is 1. The SMILES string of the molecule is N#CC(C(=O)c1cc(Cl)cc([N+](=O)[O-])c1)c1ccccn1. The molecular weight excluding hydrogens is 294 g/mol. The number of pyridine rings is 1. The second kappa shape index (κ2) is 6.11. The maximum atomic E-state index is 12.4. The van der Waals surface area contributed by atoms with Crippen LogP contribution in [0.4, 0.5) is 5.69 Å². The van der Waals surface area contributed by atoms with Crippen molar-refractivity contribution in [2.24, 2.45) is 0 Å². The van der Waals surface area contributed by atoms with Crippen LogP contribution in [0.2, 0.25) is 5.02 Å². The van der Waals surface area contributed by atoms with Crippen molar-refractivity contribution in [3.63, 3.8) is 0 Å². The molecule has 0 saturated heterocycles. The van der Waals surface area contributed by atoms with Gasteiger partial charge in [0.2, 0.25) is 0 Å². The second-order valence-electron chi connectivity index (χ2n) is 4.14. The lowest BCUT2D eigenvalue weighted by atomic mass is 9.95. The first kappa shape index (κ1) is 14.6. The highest BCUT2D eigenvalue weighted by molar-refractivity contribution is 6.31. The van der Waals surface area contributed by atoms with E-state index in [-0.39, 0.29) is 22.0 Å². The van der Waals surface area contributed by atoms with Crippen molar-refractivity contribution in [1.82, 2.24) is 4.98 Å². The van der Waals surface area contributed by atoms with Crippen LogP contribution in [0.25, 0.3) is 0 Å². The maximum Gasteiger partial charge on any atom is 0.271 e. The van der Waals surface area contributed by atoms with Crippen molar-refractivity contribution in [2.75, 3.05) is 0 Å². The third-order valence-electron chi connectivity index (χ3n) is 2.75. The van der Waals surface area contributed by atoms with Crippen LogP contribution in [-0.2, 0) is 0 Å². The molecule has 6 nitrogen and oxygen atoms in total. The minimum atomic E-state index is -1.13. The topological polar surface area (TPSA) is 96.9 Å². The molecule has 0 aliphatic carbocycles. The molecular formula is C14H8ClN3O3. The molecule has 2 rings (SSSR count). The number of nitro groups is 1. The molecule has 0 aliphatic heterocycles. The maximum absolute atomic E-state index is 12.4. The molecule has 7 heteroatoms. The fraction of sp³-hybridized carbons (Fsp3) is 0.0714. The van der Waals surface area contributed by atoms with Gasteiger partial charge in [0.05, 0.1) is 16.7 Å². The number of nitriles is 1. The van der Waals surface area contributed by atoms with Gasteiger partial charge in [-0.05, 0) is 18.2 Å². The Bertz CT molecular complexity index is 741. The van der Waals surface area contributed by atoms with Crippen LogP contribution in [-0.4, -0.2) is 15.7 Å². The lowest BCUT2D eigenvalue weighted by molar-refractivity contribution is -0.384. The van der Waals surface area contributed by atoms with Crippen molar-refractivity contribution >= 4 is 23.1 Å². The molecule has 104 valence electrons. The van der Waals surface area contributed by atoms with E-state index in [1.54, 1.807) is 18.2 Å². The number of nitro benzene ring substituents is 1. The van der Waals surface area contributed by atoms with Gasteiger partial charge < -0.3 is 0 Å². The highest BCUT2D eigenvalue weighted by atomic mass is 35.5. The number of carbonyl (C=O) groups excluding carboxylic acids is 1. The number of halogens is 1. The van der Waals surface area contributed by atoms with Crippen molar-refractivity contribution in [3.8, 4) is 6.07 Å². The number of ketones is 1. The summed E-state index contributed by atoms with van der Waals surface area (Å²) in [6.07, 6.45) is 1.47. The normalized spacial score (nSPS) is 11.4. The van der Waals surface area contributed by atoms with Crippen molar-refractivity contribution < 1.29 is 9.72 Å². The van der Waals surface area contributed by atoms with Crippen LogP contribution >= 0.6 is 11.6 Å². The van der Waals surface area contributed by atoms with Gasteiger partial charge in [0.15, 0.2) is 11.7 Å². The van der Waals surface area contributed by atoms with Crippen LogP contribution in [0.1, 0.15) is 22.0 Å². The Balaban J connectivity index is 2.44. The lowest BCUT2D eigenvalue weighted by Crippen LogP contribution is -2.13. The van der Waals surface area contributed by atoms with Gasteiger partial charge in [0.1, 0.15) is 0 Å². The van der Waals surface area contributed by atoms with Crippen LogP contribution in [0.15, 0.2) is 42.6 Å². The van der Waals surface area contributed by atoms with E-state index >= 15 is 0 Å². The Labute approximate surface area is 124 Å². The Kier molecular flexibility index (Phi) is 4.26. The summed E-state index contributed by atoms with van der Waals surface area (Å²) in [4.78, 5) is 26.5. The van der Waals surface area contributed by atoms with E-state index in [1.807, 2.05) is 6.07 Å². The Morgan fingerprint density at radius 3 is 2.71 bits per heavy atom. The van der Waals surface area contributed by atoms with Crippen LogP contribution in [0.5, 0.6) is 0 Å². The van der Waals surface area contributed by atoms with Crippen LogP contribution in [0, 0.1) is 21.4 Å². The molecule has 0 aliphatic rings. The van der Waals surface area contributed by atoms with E-state index in [0.29, 0.717) is 0 Å². The Morgan fingerprint density at radius 2 is 2.14 bits per heavy atom. The lowest BCUT2D eigenvalue weighted by Gasteiger charge is -2.08. The van der Waals surface area contributed by atoms with Gasteiger partial charge in [-0.15, -0.1) is 0 Å². The zero-order chi connectivity index (χ0) is 15.4. The molecule has 1 aromatic heterocycles. The zero-order valence-electron chi connectivity index (χ0n) is 10.6. The molecule has 0 bridgehead atoms. The number of rotatable bonds is 4. The average molecular weight is 302 g/mol. The summed E-state index contributed by atoms with van der Waals surface area (Å²) < 4.78 is 0. The fourth-order valence-electron chi connectivity index (χ4n) is 1.79. The zero-order valence-corrected chi connectivity index (χ0v) is 11.3. The van der Waals surface area contributed by atoms with Gasteiger partial charge in [-0.1, -0.05) is 17.7 Å². The van der Waals surface area contributed by atoms with Gasteiger partial charge in [-0.2, -0.15) is 5.26 Å². The summed E-state index contributed by atoms with van der Waals surface area (Å²) in [5, 5.41) is 20.0. The van der Waals surface area contributed by atoms with Gasteiger partial charge in [-0.25, -0.2) is 0 Å². The summed E-state index contributed by atoms with van der Waals surface area (Å²) in [6.45, 7) is 0. The predicted octanol–water partition coefficient (Wildman–Crippen LogP) is 3.13. The van der Waals surface area contributed by atoms with Gasteiger partial charge in [0.25, 0.3) is 5.69 Å². The largest absolute Gasteiger partial charge is 0.292 e. The number of hydrogen-bond donors (Lipinski definition) is 0. The fourth-order valence-corrected chi connectivity index (χ4v) is 2.02. The van der Waals surface area contributed by atoms with E-state index in [0.717, 1.165) is 12.1 Å². The molecule has 0 fully saturated rings. The minimum Gasteiger partial charge on any atom is -0.292 e. The first-order valence-electron chi connectivity index (χ1n) is 5.82. The van der Waals surface area contributed by atoms with E-state index in [4.69, 9.17) is 11.6 Å². The smallest absolute Gasteiger partial charge is 0.271 e. The predicted molar refractivity (Wildman–Crippen MR) is 75.0 cm³/mol. The number of nitrogens with zero attached hydrogens (tertiary/aromatic N) is 3. The Hall–Kier alpha value is -2.78. The third kappa shape index (κ3) is 3.22. The highest BCUT2D eigenvalue weighted by Crippen LogP contribution is 2.25. The number of hydrogen-bond acceptors (Lipinski definition) is 5. The third-order valence-corrected chi connectivity index (χ3v) is 2.97. The molecule has 2 aromatic rings. The number of aromatic nitrogens is 1. The van der Waals surface area contributed by atoms with E-state index in [9.17, 15) is 20.2 Å². The average Bonchev–Trinajstić information content (AvgIpc) is 2.48. The van der Waals surface area contributed by atoms with E-state index < -0.39 is 16.6 Å². The van der Waals surface area contributed by atoms with Crippen LogP contribution in [0.3, 0.4) is 0 Å². The second-order valence-corrected chi connectivity index (χ2v) is 4.57. The molecule has 21 heavy (non-hydrogen) atoms. The van der Waals surface area contributed by atoms with Gasteiger partial charge >= 0.3 is 0 Å². The van der Waals surface area contributed by atoms with Gasteiger partial charge in [0, 0.05) is 28.9 Å². The van der Waals surface area contributed by atoms with Gasteiger partial charge in [-0.3, -0.25) is 19.9 Å². The molecule has 0 amide bonds. The highest BCUT2D eigenvalue weighted by Gasteiger charge is 2.24. The summed E-state index contributed by atoms with van der Waals surface area (Å²) >= 11 is 5.78. The molecule has 1 unspecified atom stereocenters. The number of benzene rings is 1. The first-order chi connectivity index (χ1) is 10.0. The summed E-state index contributed by atoms with van der Waals surface area (Å²) in [5.41, 5.74) is -0.0115. The molecule has 1 heterocycles. The Morgan fingerprint density at radius 1 is 1.38 bits per heavy atom. The molecule has 0 spiro atoms. The summed E-state index contributed by atoms with van der Waals surface area (Å²) in [7, 11) is 0. The molecule has 0 radical (unpaired) electrons. The monoisotopic (exact) mass is 301 g/mol. The summed E-state index contributed by atoms with van der Waals surface area (Å²) in [6, 6.07) is 10.3. The minimum absolute atomic E-state index is 0.00593. The van der Waals surface area contributed by atoms with Crippen LogP contribution < -0.4 is 0 Å². The van der Waals surface area contributed by atoms with E-state index in [2.05, 4.69) is 4.98 Å². The molecule has 1 atom stereocenters. The quantitative estimate of drug-likeness (QED) is 0.491. The number of carbonyl (C=O) groups is 1. The molecule has 0 N–H and O–H groups in total. The van der Waals surface area contributed by atoms with E-state index in [1.165, 1.54) is 12.3 Å². The standard InChI is InChI=1S/C14H8ClN3O3/c15-10-5-9(6-11(7-10)18(20)21)14(19)12(8-16)13-3-1-2-4-17-13/h1-7,12H. The summed E-state index contributed by atoms with van der Waals surface area (Å²) in [5.74, 6) is -1.72. The molecule has 0 saturated carbocycles. The number of non-ortho nitro benzene ring substituents is 1. The van der Waals surface area contributed by atoms with Crippen molar-refractivity contribution in [3.05, 3.63) is 69.0 Å². The van der Waals surface area contributed by atoms with Crippen molar-refractivity contribution in [1.29, 1.82) is 5.26 Å². The first-order valence-corrected chi connectivity index (χ1v) is 6.20.